The molecule has 1 heterocycles. The first-order chi connectivity index (χ1) is 11.5. The van der Waals surface area contributed by atoms with E-state index in [0.29, 0.717) is 11.3 Å². The summed E-state index contributed by atoms with van der Waals surface area (Å²) in [4.78, 5) is 10.8. The van der Waals surface area contributed by atoms with Gasteiger partial charge in [0, 0.05) is 5.56 Å². The average molecular weight is 334 g/mol. The molecule has 0 spiro atoms. The van der Waals surface area contributed by atoms with E-state index in [4.69, 9.17) is 9.47 Å². The molecule has 2 aromatic rings. The van der Waals surface area contributed by atoms with Gasteiger partial charge in [0.2, 0.25) is 6.29 Å². The van der Waals surface area contributed by atoms with Gasteiger partial charge in [0.05, 0.1) is 6.61 Å². The molecule has 0 radical (unpaired) electrons. The number of hydrogen-bond acceptors (Lipinski definition) is 7. The van der Waals surface area contributed by atoms with Gasteiger partial charge in [-0.1, -0.05) is 18.2 Å². The number of ether oxygens (including phenoxy) is 2. The van der Waals surface area contributed by atoms with Gasteiger partial charge in [-0.25, -0.2) is 0 Å². The SMILES string of the molecule is O=Cc1ccc2cc(O[C@@H]3O[C@H](CO)[C@H](O)[C@H](O)[C@H]3O)ccc2c1. The Morgan fingerprint density at radius 3 is 2.42 bits per heavy atom. The molecule has 0 saturated carbocycles. The lowest BCUT2D eigenvalue weighted by atomic mass is 9.99. The molecule has 0 unspecified atom stereocenters. The van der Waals surface area contributed by atoms with E-state index in [2.05, 4.69) is 0 Å². The zero-order chi connectivity index (χ0) is 17.3. The highest BCUT2D eigenvalue weighted by Gasteiger charge is 2.44. The lowest BCUT2D eigenvalue weighted by Crippen LogP contribution is -2.60. The van der Waals surface area contributed by atoms with Gasteiger partial charge in [0.25, 0.3) is 0 Å². The number of benzene rings is 2. The quantitative estimate of drug-likeness (QED) is 0.574. The second-order valence-electron chi connectivity index (χ2n) is 5.70. The van der Waals surface area contributed by atoms with Crippen LogP contribution in [0.25, 0.3) is 10.8 Å². The molecular formula is C17H18O7. The second kappa shape index (κ2) is 6.84. The largest absolute Gasteiger partial charge is 0.462 e. The Morgan fingerprint density at radius 1 is 1.00 bits per heavy atom. The number of aldehydes is 1. The number of aliphatic hydroxyl groups excluding tert-OH is 4. The minimum atomic E-state index is -1.49. The molecule has 0 bridgehead atoms. The Bertz CT molecular complexity index is 730. The van der Waals surface area contributed by atoms with Crippen LogP contribution in [-0.4, -0.2) is 64.0 Å². The fourth-order valence-corrected chi connectivity index (χ4v) is 2.69. The van der Waals surface area contributed by atoms with Crippen molar-refractivity contribution in [2.75, 3.05) is 6.61 Å². The van der Waals surface area contributed by atoms with Crippen molar-refractivity contribution in [1.29, 1.82) is 0 Å². The van der Waals surface area contributed by atoms with E-state index in [0.717, 1.165) is 17.1 Å². The molecule has 1 saturated heterocycles. The number of carbonyl (C=O) groups excluding carboxylic acids is 1. The molecule has 0 amide bonds. The molecule has 4 N–H and O–H groups in total. The van der Waals surface area contributed by atoms with Crippen LogP contribution < -0.4 is 4.74 Å². The Morgan fingerprint density at radius 2 is 1.71 bits per heavy atom. The van der Waals surface area contributed by atoms with Crippen LogP contribution in [0.4, 0.5) is 0 Å². The van der Waals surface area contributed by atoms with Crippen LogP contribution in [-0.2, 0) is 4.74 Å². The van der Waals surface area contributed by atoms with Crippen molar-refractivity contribution in [3.63, 3.8) is 0 Å². The van der Waals surface area contributed by atoms with Crippen molar-refractivity contribution in [2.24, 2.45) is 0 Å². The third-order valence-corrected chi connectivity index (χ3v) is 4.07. The number of hydrogen-bond donors (Lipinski definition) is 4. The van der Waals surface area contributed by atoms with E-state index in [9.17, 15) is 25.2 Å². The van der Waals surface area contributed by atoms with Gasteiger partial charge in [0.1, 0.15) is 36.5 Å². The molecule has 7 nitrogen and oxygen atoms in total. The summed E-state index contributed by atoms with van der Waals surface area (Å²) >= 11 is 0. The molecule has 0 aliphatic carbocycles. The van der Waals surface area contributed by atoms with E-state index >= 15 is 0 Å². The predicted octanol–water partition coefficient (Wildman–Crippen LogP) is -0.169. The summed E-state index contributed by atoms with van der Waals surface area (Å²) in [6.45, 7) is -0.517. The Kier molecular flexibility index (Phi) is 4.79. The van der Waals surface area contributed by atoms with Crippen molar-refractivity contribution in [2.45, 2.75) is 30.7 Å². The molecule has 1 fully saturated rings. The summed E-state index contributed by atoms with van der Waals surface area (Å²) in [5.41, 5.74) is 0.560. The van der Waals surface area contributed by atoms with E-state index < -0.39 is 37.3 Å². The monoisotopic (exact) mass is 334 g/mol. The summed E-state index contributed by atoms with van der Waals surface area (Å²) < 4.78 is 10.9. The molecule has 2 aromatic carbocycles. The number of carbonyl (C=O) groups is 1. The fraction of sp³-hybridized carbons (Fsp3) is 0.353. The molecular weight excluding hydrogens is 316 g/mol. The smallest absolute Gasteiger partial charge is 0.229 e. The van der Waals surface area contributed by atoms with Gasteiger partial charge < -0.3 is 29.9 Å². The lowest BCUT2D eigenvalue weighted by Gasteiger charge is -2.39. The standard InChI is InChI=1S/C17H18O7/c18-7-9-1-2-11-6-12(4-3-10(11)5-9)23-17-16(22)15(21)14(20)13(8-19)24-17/h1-7,13-17,19-22H,8H2/t13-,14+,15+,16-,17-/m1/s1. The molecule has 0 aromatic heterocycles. The molecule has 1 aliphatic rings. The summed E-state index contributed by atoms with van der Waals surface area (Å²) in [6, 6.07) is 10.3. The van der Waals surface area contributed by atoms with E-state index in [1.165, 1.54) is 0 Å². The summed E-state index contributed by atoms with van der Waals surface area (Å²) in [6.07, 6.45) is -5.87. The molecule has 1 aliphatic heterocycles. The van der Waals surface area contributed by atoms with Crippen molar-refractivity contribution in [3.8, 4) is 5.75 Å². The average Bonchev–Trinajstić information content (AvgIpc) is 2.61. The third kappa shape index (κ3) is 3.12. The van der Waals surface area contributed by atoms with Crippen molar-refractivity contribution >= 4 is 17.1 Å². The molecule has 24 heavy (non-hydrogen) atoms. The number of fused-ring (bicyclic) bond motifs is 1. The number of aliphatic hydroxyl groups is 4. The van der Waals surface area contributed by atoms with Crippen molar-refractivity contribution < 1.29 is 34.7 Å². The highest BCUT2D eigenvalue weighted by Crippen LogP contribution is 2.27. The van der Waals surface area contributed by atoms with Crippen molar-refractivity contribution in [3.05, 3.63) is 42.0 Å². The first-order valence-electron chi connectivity index (χ1n) is 7.49. The van der Waals surface area contributed by atoms with Crippen molar-refractivity contribution in [1.82, 2.24) is 0 Å². The molecule has 7 heteroatoms. The minimum Gasteiger partial charge on any atom is -0.462 e. The van der Waals surface area contributed by atoms with Crippen LogP contribution in [0.2, 0.25) is 0 Å². The van der Waals surface area contributed by atoms with Crippen LogP contribution in [0.1, 0.15) is 10.4 Å². The summed E-state index contributed by atoms with van der Waals surface area (Å²) in [5, 5.41) is 40.4. The van der Waals surface area contributed by atoms with E-state index in [1.807, 2.05) is 0 Å². The van der Waals surface area contributed by atoms with Crippen LogP contribution in [0, 0.1) is 0 Å². The van der Waals surface area contributed by atoms with Crippen LogP contribution in [0.15, 0.2) is 36.4 Å². The molecule has 3 rings (SSSR count). The molecule has 128 valence electrons. The lowest BCUT2D eigenvalue weighted by molar-refractivity contribution is -0.277. The highest BCUT2D eigenvalue weighted by atomic mass is 16.7. The van der Waals surface area contributed by atoms with Crippen LogP contribution in [0.3, 0.4) is 0 Å². The van der Waals surface area contributed by atoms with Gasteiger partial charge in [-0.2, -0.15) is 0 Å². The summed E-state index contributed by atoms with van der Waals surface area (Å²) in [5.74, 6) is 0.380. The van der Waals surface area contributed by atoms with Gasteiger partial charge in [-0.05, 0) is 29.0 Å². The number of rotatable bonds is 4. The van der Waals surface area contributed by atoms with Gasteiger partial charge in [-0.15, -0.1) is 0 Å². The maximum atomic E-state index is 10.8. The fourth-order valence-electron chi connectivity index (χ4n) is 2.69. The van der Waals surface area contributed by atoms with Crippen LogP contribution >= 0.6 is 0 Å². The zero-order valence-electron chi connectivity index (χ0n) is 12.6. The highest BCUT2D eigenvalue weighted by molar-refractivity contribution is 5.89. The van der Waals surface area contributed by atoms with Gasteiger partial charge in [0.15, 0.2) is 0 Å². The maximum Gasteiger partial charge on any atom is 0.229 e. The predicted molar refractivity (Wildman–Crippen MR) is 83.7 cm³/mol. The first kappa shape index (κ1) is 16.8. The van der Waals surface area contributed by atoms with Gasteiger partial charge in [-0.3, -0.25) is 4.79 Å². The van der Waals surface area contributed by atoms with E-state index in [1.54, 1.807) is 36.4 Å². The normalized spacial score (nSPS) is 30.2. The van der Waals surface area contributed by atoms with E-state index in [-0.39, 0.29) is 0 Å². The third-order valence-electron chi connectivity index (χ3n) is 4.07. The maximum absolute atomic E-state index is 10.8. The Balaban J connectivity index is 1.82. The summed E-state index contributed by atoms with van der Waals surface area (Å²) in [7, 11) is 0. The first-order valence-corrected chi connectivity index (χ1v) is 7.49. The Hall–Kier alpha value is -2.03. The van der Waals surface area contributed by atoms with Crippen LogP contribution in [0.5, 0.6) is 5.75 Å². The topological polar surface area (TPSA) is 116 Å². The molecule has 5 atom stereocenters. The second-order valence-corrected chi connectivity index (χ2v) is 5.70. The zero-order valence-corrected chi connectivity index (χ0v) is 12.6. The Labute approximate surface area is 137 Å². The van der Waals surface area contributed by atoms with Gasteiger partial charge >= 0.3 is 0 Å². The minimum absolute atomic E-state index is 0.380.